The topological polar surface area (TPSA) is 49.7 Å². The molecule has 1 rings (SSSR count). The van der Waals surface area contributed by atoms with Crippen LogP contribution in [0.3, 0.4) is 0 Å². The van der Waals surface area contributed by atoms with Crippen molar-refractivity contribution in [1.29, 1.82) is 0 Å². The SMILES string of the molecule is C=CC(CO)C1CCCO1.CO.[Pa]. The van der Waals surface area contributed by atoms with Crippen LogP contribution in [0.5, 0.6) is 0 Å². The molecule has 1 radical (unpaired) electrons. The van der Waals surface area contributed by atoms with E-state index in [0.29, 0.717) is 0 Å². The van der Waals surface area contributed by atoms with Crippen molar-refractivity contribution in [3.63, 3.8) is 0 Å². The van der Waals surface area contributed by atoms with Gasteiger partial charge in [0.2, 0.25) is 0 Å². The molecule has 0 aromatic heterocycles. The van der Waals surface area contributed by atoms with Crippen molar-refractivity contribution in [2.45, 2.75) is 18.9 Å². The van der Waals surface area contributed by atoms with Crippen LogP contribution in [0.15, 0.2) is 12.7 Å². The van der Waals surface area contributed by atoms with Gasteiger partial charge >= 0.3 is 0 Å². The summed E-state index contributed by atoms with van der Waals surface area (Å²) in [5.41, 5.74) is 0. The Bertz CT molecular complexity index is 113. The molecule has 0 spiro atoms. The van der Waals surface area contributed by atoms with Crippen molar-refractivity contribution in [2.24, 2.45) is 5.92 Å². The van der Waals surface area contributed by atoms with Crippen LogP contribution in [0.2, 0.25) is 0 Å². The first kappa shape index (κ1) is 16.2. The fourth-order valence-corrected chi connectivity index (χ4v) is 1.28. The predicted molar refractivity (Wildman–Crippen MR) is 47.9 cm³/mol. The van der Waals surface area contributed by atoms with Gasteiger partial charge in [-0.2, -0.15) is 0 Å². The van der Waals surface area contributed by atoms with E-state index in [4.69, 9.17) is 14.9 Å². The molecule has 2 unspecified atom stereocenters. The van der Waals surface area contributed by atoms with Gasteiger partial charge in [-0.1, -0.05) is 6.08 Å². The van der Waals surface area contributed by atoms with Gasteiger partial charge in [-0.25, -0.2) is 0 Å². The maximum Gasteiger partial charge on any atom is 0.0660 e. The second-order valence-corrected chi connectivity index (χ2v) is 2.63. The monoisotopic (exact) mass is 405 g/mol. The molecule has 1 heterocycles. The fraction of sp³-hybridized carbons (Fsp3) is 0.778. The Labute approximate surface area is 105 Å². The van der Waals surface area contributed by atoms with Gasteiger partial charge < -0.3 is 14.9 Å². The van der Waals surface area contributed by atoms with Crippen LogP contribution >= 0.6 is 0 Å². The average Bonchev–Trinajstić information content (AvgIpc) is 2.64. The normalized spacial score (nSPS) is 22.2. The van der Waals surface area contributed by atoms with Crippen molar-refractivity contribution in [1.82, 2.24) is 0 Å². The number of hydrogen-bond acceptors (Lipinski definition) is 3. The quantitative estimate of drug-likeness (QED) is 0.676. The Kier molecular flexibility index (Phi) is 13.4. The zero-order chi connectivity index (χ0) is 9.40. The van der Waals surface area contributed by atoms with Gasteiger partial charge in [0, 0.05) is 51.9 Å². The van der Waals surface area contributed by atoms with Gasteiger partial charge in [0.15, 0.2) is 0 Å². The maximum absolute atomic E-state index is 8.84. The zero-order valence-electron chi connectivity index (χ0n) is 8.15. The maximum atomic E-state index is 8.84. The summed E-state index contributed by atoms with van der Waals surface area (Å²) in [6.45, 7) is 4.64. The molecule has 0 aromatic carbocycles. The molecule has 0 aliphatic carbocycles. The molecule has 0 aromatic rings. The summed E-state index contributed by atoms with van der Waals surface area (Å²) in [5, 5.41) is 15.8. The predicted octanol–water partition coefficient (Wildman–Crippen LogP) is 0.568. The number of aliphatic hydroxyl groups is 2. The third kappa shape index (κ3) is 5.91. The summed E-state index contributed by atoms with van der Waals surface area (Å²) < 4.78 is 5.37. The molecular weight excluding hydrogens is 387 g/mol. The van der Waals surface area contributed by atoms with Crippen LogP contribution in [0.1, 0.15) is 12.8 Å². The first-order valence-electron chi connectivity index (χ1n) is 4.18. The van der Waals surface area contributed by atoms with E-state index in [1.807, 2.05) is 0 Å². The number of aliphatic hydroxyl groups excluding tert-OH is 2. The van der Waals surface area contributed by atoms with Gasteiger partial charge in [0.1, 0.15) is 0 Å². The van der Waals surface area contributed by atoms with Gasteiger partial charge in [-0.15, -0.1) is 6.58 Å². The van der Waals surface area contributed by atoms with E-state index < -0.39 is 0 Å². The summed E-state index contributed by atoms with van der Waals surface area (Å²) in [5.74, 6) is 0.141. The fourth-order valence-electron chi connectivity index (χ4n) is 1.28. The molecule has 0 bridgehead atoms. The molecule has 1 aliphatic heterocycles. The van der Waals surface area contributed by atoms with Crippen LogP contribution in [0.4, 0.5) is 0 Å². The van der Waals surface area contributed by atoms with Crippen LogP contribution in [-0.2, 0) is 4.74 Å². The Balaban J connectivity index is 0. The number of hydrogen-bond donors (Lipinski definition) is 2. The van der Waals surface area contributed by atoms with Crippen LogP contribution in [0.25, 0.3) is 0 Å². The van der Waals surface area contributed by atoms with E-state index in [0.717, 1.165) is 26.6 Å². The van der Waals surface area contributed by atoms with Crippen molar-refractivity contribution >= 4 is 0 Å². The van der Waals surface area contributed by atoms with Crippen LogP contribution in [-0.4, -0.2) is 36.6 Å². The molecule has 0 amide bonds. The molecule has 13 heavy (non-hydrogen) atoms. The average molecular weight is 405 g/mol. The molecule has 75 valence electrons. The molecule has 2 N–H and O–H groups in total. The smallest absolute Gasteiger partial charge is 0.0660 e. The Morgan fingerprint density at radius 2 is 2.23 bits per heavy atom. The van der Waals surface area contributed by atoms with E-state index >= 15 is 0 Å². The van der Waals surface area contributed by atoms with Crippen LogP contribution < -0.4 is 0 Å². The Morgan fingerprint density at radius 1 is 1.62 bits per heavy atom. The number of rotatable bonds is 3. The third-order valence-electron chi connectivity index (χ3n) is 1.96. The zero-order valence-corrected chi connectivity index (χ0v) is 13.0. The second-order valence-electron chi connectivity index (χ2n) is 2.63. The molecule has 4 heteroatoms. The van der Waals surface area contributed by atoms with Gasteiger partial charge in [0.25, 0.3) is 0 Å². The van der Waals surface area contributed by atoms with E-state index in [-0.39, 0.29) is 50.9 Å². The first-order chi connectivity index (χ1) is 5.88. The standard InChI is InChI=1S/C8H14O2.CH4O.Pa/c1-2-7(6-9)8-4-3-5-10-8;1-2;/h2,7-9H,1,3-6H2;2H,1H3;. The molecule has 2 atom stereocenters. The molecule has 1 aliphatic rings. The molecule has 1 saturated heterocycles. The van der Waals surface area contributed by atoms with Gasteiger partial charge in [-0.3, -0.25) is 0 Å². The summed E-state index contributed by atoms with van der Waals surface area (Å²) in [6, 6.07) is 0. The number of ether oxygens (including phenoxy) is 1. The largest absolute Gasteiger partial charge is 0.400 e. The van der Waals surface area contributed by atoms with Gasteiger partial charge in [0.05, 0.1) is 12.7 Å². The Hall–Kier alpha value is 0.711. The van der Waals surface area contributed by atoms with E-state index in [2.05, 4.69) is 6.58 Å². The van der Waals surface area contributed by atoms with Crippen molar-refractivity contribution < 1.29 is 47.3 Å². The van der Waals surface area contributed by atoms with E-state index in [1.54, 1.807) is 6.08 Å². The van der Waals surface area contributed by atoms with Gasteiger partial charge in [-0.05, 0) is 12.8 Å². The van der Waals surface area contributed by atoms with Crippen LogP contribution in [0, 0.1) is 38.2 Å². The third-order valence-corrected chi connectivity index (χ3v) is 1.96. The Morgan fingerprint density at radius 3 is 2.54 bits per heavy atom. The summed E-state index contributed by atoms with van der Waals surface area (Å²) in [7, 11) is 1.00. The minimum absolute atomic E-state index is 0. The summed E-state index contributed by atoms with van der Waals surface area (Å²) in [6.07, 6.45) is 4.19. The minimum Gasteiger partial charge on any atom is -0.400 e. The van der Waals surface area contributed by atoms with Crippen molar-refractivity contribution in [2.75, 3.05) is 20.3 Å². The van der Waals surface area contributed by atoms with E-state index in [1.165, 1.54) is 0 Å². The van der Waals surface area contributed by atoms with Crippen molar-refractivity contribution in [3.8, 4) is 0 Å². The first-order valence-corrected chi connectivity index (χ1v) is 4.18. The molecule has 0 saturated carbocycles. The minimum atomic E-state index is 0. The molecule has 3 nitrogen and oxygen atoms in total. The van der Waals surface area contributed by atoms with Crippen molar-refractivity contribution in [3.05, 3.63) is 12.7 Å². The van der Waals surface area contributed by atoms with E-state index in [9.17, 15) is 0 Å². The summed E-state index contributed by atoms with van der Waals surface area (Å²) >= 11 is 0. The second kappa shape index (κ2) is 10.8. The molecular formula is C9H18O3Pa. The molecule has 1 fully saturated rings. The summed E-state index contributed by atoms with van der Waals surface area (Å²) in [4.78, 5) is 0.